The number of carboxylic acid groups (broad SMARTS) is 1. The Balaban J connectivity index is 2.01. The van der Waals surface area contributed by atoms with Crippen molar-refractivity contribution >= 4 is 23.5 Å². The molecule has 1 aliphatic rings. The first-order valence-corrected chi connectivity index (χ1v) is 6.07. The Bertz CT molecular complexity index is 478. The molecule has 1 aliphatic heterocycles. The number of rotatable bonds is 3. The molecular formula is C12H13ClN2O3. The van der Waals surface area contributed by atoms with Gasteiger partial charge in [0.2, 0.25) is 0 Å². The molecule has 1 N–H and O–H groups in total. The zero-order valence-corrected chi connectivity index (χ0v) is 10.4. The van der Waals surface area contributed by atoms with Crippen molar-refractivity contribution in [2.24, 2.45) is 5.92 Å². The third-order valence-electron chi connectivity index (χ3n) is 2.97. The van der Waals surface area contributed by atoms with Gasteiger partial charge in [0, 0.05) is 19.5 Å². The second-order valence-corrected chi connectivity index (χ2v) is 4.74. The molecule has 0 aromatic carbocycles. The summed E-state index contributed by atoms with van der Waals surface area (Å²) in [7, 11) is 0. The van der Waals surface area contributed by atoms with Gasteiger partial charge in [0.25, 0.3) is 5.91 Å². The van der Waals surface area contributed by atoms with Crippen molar-refractivity contribution in [2.75, 3.05) is 13.1 Å². The number of aliphatic carboxylic acids is 1. The van der Waals surface area contributed by atoms with Crippen molar-refractivity contribution in [2.45, 2.75) is 12.8 Å². The highest BCUT2D eigenvalue weighted by Gasteiger charge is 2.28. The Kier molecular flexibility index (Phi) is 3.81. The minimum Gasteiger partial charge on any atom is -0.481 e. The quantitative estimate of drug-likeness (QED) is 0.847. The normalized spacial score (nSPS) is 18.9. The predicted octanol–water partition coefficient (Wildman–Crippen LogP) is 1.67. The third kappa shape index (κ3) is 2.98. The molecule has 1 saturated heterocycles. The van der Waals surface area contributed by atoms with E-state index in [0.717, 1.165) is 6.42 Å². The molecule has 2 rings (SSSR count). The SMILES string of the molecule is O=C(O)CC1CCN(C(=O)c2cccc(Cl)n2)C1. The van der Waals surface area contributed by atoms with Crippen LogP contribution < -0.4 is 0 Å². The molecule has 18 heavy (non-hydrogen) atoms. The first kappa shape index (κ1) is 12.8. The fraction of sp³-hybridized carbons (Fsp3) is 0.417. The monoisotopic (exact) mass is 268 g/mol. The van der Waals surface area contributed by atoms with E-state index in [0.29, 0.717) is 18.8 Å². The van der Waals surface area contributed by atoms with E-state index in [9.17, 15) is 9.59 Å². The molecule has 1 amide bonds. The number of nitrogens with zero attached hydrogens (tertiary/aromatic N) is 2. The van der Waals surface area contributed by atoms with Crippen LogP contribution in [0.4, 0.5) is 0 Å². The van der Waals surface area contributed by atoms with Gasteiger partial charge in [0.1, 0.15) is 10.8 Å². The average Bonchev–Trinajstić information content (AvgIpc) is 2.75. The molecule has 6 heteroatoms. The standard InChI is InChI=1S/C12H13ClN2O3/c13-10-3-1-2-9(14-10)12(18)15-5-4-8(7-15)6-11(16)17/h1-3,8H,4-7H2,(H,16,17). The van der Waals surface area contributed by atoms with Crippen LogP contribution in [0.3, 0.4) is 0 Å². The molecule has 0 bridgehead atoms. The summed E-state index contributed by atoms with van der Waals surface area (Å²) in [6, 6.07) is 4.89. The number of carboxylic acids is 1. The molecule has 2 heterocycles. The molecule has 0 aliphatic carbocycles. The van der Waals surface area contributed by atoms with Crippen molar-refractivity contribution in [3.63, 3.8) is 0 Å². The van der Waals surface area contributed by atoms with Crippen LogP contribution in [0.15, 0.2) is 18.2 Å². The fourth-order valence-electron chi connectivity index (χ4n) is 2.12. The molecule has 1 unspecified atom stereocenters. The second-order valence-electron chi connectivity index (χ2n) is 4.35. The van der Waals surface area contributed by atoms with Crippen LogP contribution in [-0.2, 0) is 4.79 Å². The lowest BCUT2D eigenvalue weighted by Gasteiger charge is -2.15. The average molecular weight is 269 g/mol. The minimum absolute atomic E-state index is 0.0330. The van der Waals surface area contributed by atoms with Crippen molar-refractivity contribution < 1.29 is 14.7 Å². The zero-order chi connectivity index (χ0) is 13.1. The molecule has 1 aromatic heterocycles. The van der Waals surface area contributed by atoms with E-state index in [-0.39, 0.29) is 23.4 Å². The highest BCUT2D eigenvalue weighted by atomic mass is 35.5. The third-order valence-corrected chi connectivity index (χ3v) is 3.18. The van der Waals surface area contributed by atoms with Crippen LogP contribution in [0.1, 0.15) is 23.3 Å². The van der Waals surface area contributed by atoms with Crippen molar-refractivity contribution in [1.82, 2.24) is 9.88 Å². The number of amides is 1. The van der Waals surface area contributed by atoms with Crippen LogP contribution >= 0.6 is 11.6 Å². The van der Waals surface area contributed by atoms with Crippen LogP contribution in [-0.4, -0.2) is 40.0 Å². The summed E-state index contributed by atoms with van der Waals surface area (Å²) in [6.07, 6.45) is 0.825. The minimum atomic E-state index is -0.824. The van der Waals surface area contributed by atoms with Gasteiger partial charge in [-0.2, -0.15) is 0 Å². The van der Waals surface area contributed by atoms with E-state index in [2.05, 4.69) is 4.98 Å². The van der Waals surface area contributed by atoms with E-state index in [4.69, 9.17) is 16.7 Å². The van der Waals surface area contributed by atoms with Crippen molar-refractivity contribution in [1.29, 1.82) is 0 Å². The Hall–Kier alpha value is -1.62. The van der Waals surface area contributed by atoms with E-state index < -0.39 is 5.97 Å². The molecule has 5 nitrogen and oxygen atoms in total. The summed E-state index contributed by atoms with van der Waals surface area (Å²) in [4.78, 5) is 28.3. The van der Waals surface area contributed by atoms with Crippen LogP contribution in [0, 0.1) is 5.92 Å². The summed E-state index contributed by atoms with van der Waals surface area (Å²) in [5, 5.41) is 9.00. The number of hydrogen-bond acceptors (Lipinski definition) is 3. The predicted molar refractivity (Wildman–Crippen MR) is 65.5 cm³/mol. The highest BCUT2D eigenvalue weighted by molar-refractivity contribution is 6.29. The van der Waals surface area contributed by atoms with Crippen LogP contribution in [0.25, 0.3) is 0 Å². The Morgan fingerprint density at radius 3 is 2.94 bits per heavy atom. The Labute approximate surface area is 109 Å². The number of pyridine rings is 1. The molecule has 0 saturated carbocycles. The Morgan fingerprint density at radius 2 is 2.28 bits per heavy atom. The number of likely N-dealkylation sites (tertiary alicyclic amines) is 1. The topological polar surface area (TPSA) is 70.5 Å². The number of halogens is 1. The maximum atomic E-state index is 12.1. The summed E-state index contributed by atoms with van der Waals surface area (Å²) in [6.45, 7) is 1.05. The summed E-state index contributed by atoms with van der Waals surface area (Å²) < 4.78 is 0. The number of hydrogen-bond donors (Lipinski definition) is 1. The van der Waals surface area contributed by atoms with Gasteiger partial charge in [0.15, 0.2) is 0 Å². The molecule has 1 atom stereocenters. The number of aromatic nitrogens is 1. The van der Waals surface area contributed by atoms with Gasteiger partial charge in [-0.15, -0.1) is 0 Å². The molecular weight excluding hydrogens is 256 g/mol. The summed E-state index contributed by atoms with van der Waals surface area (Å²) in [5.74, 6) is -0.980. The summed E-state index contributed by atoms with van der Waals surface area (Å²) >= 11 is 5.73. The van der Waals surface area contributed by atoms with Crippen molar-refractivity contribution in [3.8, 4) is 0 Å². The maximum absolute atomic E-state index is 12.1. The summed E-state index contributed by atoms with van der Waals surface area (Å²) in [5.41, 5.74) is 0.304. The molecule has 96 valence electrons. The largest absolute Gasteiger partial charge is 0.481 e. The smallest absolute Gasteiger partial charge is 0.303 e. The van der Waals surface area contributed by atoms with E-state index >= 15 is 0 Å². The first-order valence-electron chi connectivity index (χ1n) is 5.70. The molecule has 1 aromatic rings. The maximum Gasteiger partial charge on any atom is 0.303 e. The lowest BCUT2D eigenvalue weighted by Crippen LogP contribution is -2.29. The van der Waals surface area contributed by atoms with Crippen molar-refractivity contribution in [3.05, 3.63) is 29.0 Å². The van der Waals surface area contributed by atoms with Crippen LogP contribution in [0.5, 0.6) is 0 Å². The Morgan fingerprint density at radius 1 is 1.50 bits per heavy atom. The van der Waals surface area contributed by atoms with E-state index in [1.165, 1.54) is 0 Å². The highest BCUT2D eigenvalue weighted by Crippen LogP contribution is 2.21. The van der Waals surface area contributed by atoms with Gasteiger partial charge in [-0.25, -0.2) is 4.98 Å². The first-order chi connectivity index (χ1) is 8.56. The molecule has 0 radical (unpaired) electrons. The van der Waals surface area contributed by atoms with Crippen LogP contribution in [0.2, 0.25) is 5.15 Å². The lowest BCUT2D eigenvalue weighted by atomic mass is 10.1. The van der Waals surface area contributed by atoms with E-state index in [1.54, 1.807) is 23.1 Å². The van der Waals surface area contributed by atoms with Gasteiger partial charge in [-0.1, -0.05) is 17.7 Å². The van der Waals surface area contributed by atoms with Gasteiger partial charge in [0.05, 0.1) is 0 Å². The van der Waals surface area contributed by atoms with Gasteiger partial charge in [-0.3, -0.25) is 9.59 Å². The van der Waals surface area contributed by atoms with Gasteiger partial charge >= 0.3 is 5.97 Å². The van der Waals surface area contributed by atoms with Gasteiger partial charge < -0.3 is 10.0 Å². The zero-order valence-electron chi connectivity index (χ0n) is 9.67. The lowest BCUT2D eigenvalue weighted by molar-refractivity contribution is -0.138. The number of carbonyl (C=O) groups is 2. The molecule has 0 spiro atoms. The van der Waals surface area contributed by atoms with Gasteiger partial charge in [-0.05, 0) is 24.5 Å². The molecule has 1 fully saturated rings. The number of carbonyl (C=O) groups excluding carboxylic acids is 1. The second kappa shape index (κ2) is 5.35. The van der Waals surface area contributed by atoms with E-state index in [1.807, 2.05) is 0 Å². The fourth-order valence-corrected chi connectivity index (χ4v) is 2.28.